The normalized spacial score (nSPS) is 14.3. The van der Waals surface area contributed by atoms with Gasteiger partial charge in [-0.15, -0.1) is 0 Å². The van der Waals surface area contributed by atoms with Crippen molar-refractivity contribution in [2.24, 2.45) is 4.99 Å². The van der Waals surface area contributed by atoms with Gasteiger partial charge in [0.25, 0.3) is 0 Å². The first-order valence-corrected chi connectivity index (χ1v) is 5.28. The molecule has 0 unspecified atom stereocenters. The van der Waals surface area contributed by atoms with Crippen molar-refractivity contribution in [2.45, 2.75) is 6.92 Å². The van der Waals surface area contributed by atoms with Crippen LogP contribution in [0.3, 0.4) is 0 Å². The van der Waals surface area contributed by atoms with E-state index >= 15 is 0 Å². The number of benzene rings is 1. The average molecular weight is 204 g/mol. The number of guanidine groups is 1. The molecule has 4 nitrogen and oxygen atoms in total. The Balaban J connectivity index is 1.97. The largest absolute Gasteiger partial charge is 0.385 e. The van der Waals surface area contributed by atoms with Gasteiger partial charge >= 0.3 is 0 Å². The van der Waals surface area contributed by atoms with Gasteiger partial charge in [0.1, 0.15) is 0 Å². The number of nitrogens with zero attached hydrogens (tertiary/aromatic N) is 1. The van der Waals surface area contributed by atoms with E-state index in [1.165, 1.54) is 0 Å². The molecule has 0 aromatic heterocycles. The highest BCUT2D eigenvalue weighted by molar-refractivity contribution is 5.94. The molecule has 1 aromatic rings. The van der Waals surface area contributed by atoms with Gasteiger partial charge in [-0.2, -0.15) is 0 Å². The fourth-order valence-electron chi connectivity index (χ4n) is 1.49. The predicted octanol–water partition coefficient (Wildman–Crippen LogP) is 1.49. The molecule has 0 saturated heterocycles. The zero-order valence-corrected chi connectivity index (χ0v) is 8.88. The van der Waals surface area contributed by atoms with Gasteiger partial charge in [-0.1, -0.05) is 0 Å². The number of aliphatic imine (C=N–C) groups is 1. The maximum atomic E-state index is 4.27. The zero-order chi connectivity index (χ0) is 10.5. The lowest BCUT2D eigenvalue weighted by Gasteiger charge is -2.08. The van der Waals surface area contributed by atoms with Gasteiger partial charge in [-0.05, 0) is 31.2 Å². The fraction of sp³-hybridized carbons (Fsp3) is 0.364. The lowest BCUT2D eigenvalue weighted by Crippen LogP contribution is -2.26. The topological polar surface area (TPSA) is 48.5 Å². The Hall–Kier alpha value is -1.71. The molecule has 1 aliphatic rings. The molecule has 15 heavy (non-hydrogen) atoms. The first-order chi connectivity index (χ1) is 7.38. The van der Waals surface area contributed by atoms with E-state index in [1.54, 1.807) is 0 Å². The van der Waals surface area contributed by atoms with Crippen LogP contribution in [0.5, 0.6) is 0 Å². The van der Waals surface area contributed by atoms with Crippen LogP contribution < -0.4 is 16.0 Å². The minimum absolute atomic E-state index is 0.859. The SMILES string of the molecule is CCNc1ccc(NC2=NCCN2)cc1. The first kappa shape index (κ1) is 9.83. The van der Waals surface area contributed by atoms with Crippen LogP contribution in [-0.4, -0.2) is 25.6 Å². The maximum absolute atomic E-state index is 4.27. The Morgan fingerprint density at radius 2 is 2.00 bits per heavy atom. The van der Waals surface area contributed by atoms with Crippen molar-refractivity contribution in [1.29, 1.82) is 0 Å². The predicted molar refractivity (Wildman–Crippen MR) is 64.5 cm³/mol. The molecule has 2 rings (SSSR count). The minimum Gasteiger partial charge on any atom is -0.385 e. The van der Waals surface area contributed by atoms with Gasteiger partial charge in [-0.25, -0.2) is 0 Å². The van der Waals surface area contributed by atoms with Crippen LogP contribution in [0.2, 0.25) is 0 Å². The molecule has 80 valence electrons. The number of hydrogen-bond acceptors (Lipinski definition) is 4. The summed E-state index contributed by atoms with van der Waals surface area (Å²) in [5, 5.41) is 9.64. The van der Waals surface area contributed by atoms with Crippen molar-refractivity contribution in [3.05, 3.63) is 24.3 Å². The van der Waals surface area contributed by atoms with Crippen molar-refractivity contribution < 1.29 is 0 Å². The summed E-state index contributed by atoms with van der Waals surface area (Å²) in [6.45, 7) is 4.82. The maximum Gasteiger partial charge on any atom is 0.195 e. The summed E-state index contributed by atoms with van der Waals surface area (Å²) in [6.07, 6.45) is 0. The highest BCUT2D eigenvalue weighted by Crippen LogP contribution is 2.13. The van der Waals surface area contributed by atoms with Gasteiger partial charge in [-0.3, -0.25) is 4.99 Å². The van der Waals surface area contributed by atoms with Crippen molar-refractivity contribution >= 4 is 17.3 Å². The van der Waals surface area contributed by atoms with Crippen LogP contribution >= 0.6 is 0 Å². The second-order valence-electron chi connectivity index (χ2n) is 3.39. The summed E-state index contributed by atoms with van der Waals surface area (Å²) in [4.78, 5) is 4.27. The fourth-order valence-corrected chi connectivity index (χ4v) is 1.49. The van der Waals surface area contributed by atoms with Gasteiger partial charge in [0.2, 0.25) is 0 Å². The number of anilines is 2. The molecule has 0 bridgehead atoms. The average Bonchev–Trinajstić information content (AvgIpc) is 2.74. The Labute approximate surface area is 89.8 Å². The molecule has 0 aliphatic carbocycles. The van der Waals surface area contributed by atoms with Gasteiger partial charge in [0.05, 0.1) is 6.54 Å². The summed E-state index contributed by atoms with van der Waals surface area (Å²) < 4.78 is 0. The van der Waals surface area contributed by atoms with Crippen LogP contribution in [0.4, 0.5) is 11.4 Å². The van der Waals surface area contributed by atoms with Crippen LogP contribution in [-0.2, 0) is 0 Å². The summed E-state index contributed by atoms with van der Waals surface area (Å²) in [6, 6.07) is 8.20. The molecule has 1 aliphatic heterocycles. The molecule has 0 spiro atoms. The first-order valence-electron chi connectivity index (χ1n) is 5.28. The lowest BCUT2D eigenvalue weighted by molar-refractivity contribution is 0.959. The number of rotatable bonds is 3. The standard InChI is InChI=1S/C11H16N4/c1-2-12-9-3-5-10(6-4-9)15-11-13-7-8-14-11/h3-6,12H,2,7-8H2,1H3,(H2,13,14,15). The highest BCUT2D eigenvalue weighted by Gasteiger charge is 2.03. The molecule has 0 amide bonds. The van der Waals surface area contributed by atoms with E-state index in [4.69, 9.17) is 0 Å². The van der Waals surface area contributed by atoms with Crippen LogP contribution in [0, 0.1) is 0 Å². The molecule has 0 radical (unpaired) electrons. The van der Waals surface area contributed by atoms with Crippen LogP contribution in [0.25, 0.3) is 0 Å². The summed E-state index contributed by atoms with van der Waals surface area (Å²) in [7, 11) is 0. The summed E-state index contributed by atoms with van der Waals surface area (Å²) in [5.74, 6) is 0.867. The smallest absolute Gasteiger partial charge is 0.195 e. The van der Waals surface area contributed by atoms with E-state index in [9.17, 15) is 0 Å². The molecule has 0 fully saturated rings. The van der Waals surface area contributed by atoms with Crippen LogP contribution in [0.15, 0.2) is 29.3 Å². The third-order valence-corrected chi connectivity index (χ3v) is 2.20. The Morgan fingerprint density at radius 1 is 1.27 bits per heavy atom. The molecule has 0 saturated carbocycles. The van der Waals surface area contributed by atoms with E-state index in [2.05, 4.69) is 40.0 Å². The van der Waals surface area contributed by atoms with Crippen molar-refractivity contribution in [3.8, 4) is 0 Å². The Morgan fingerprint density at radius 3 is 2.60 bits per heavy atom. The molecular weight excluding hydrogens is 188 g/mol. The van der Waals surface area contributed by atoms with E-state index in [1.807, 2.05) is 12.1 Å². The zero-order valence-electron chi connectivity index (χ0n) is 8.88. The van der Waals surface area contributed by atoms with Crippen LogP contribution in [0.1, 0.15) is 6.92 Å². The van der Waals surface area contributed by atoms with E-state index in [0.29, 0.717) is 0 Å². The molecule has 4 heteroatoms. The minimum atomic E-state index is 0.859. The van der Waals surface area contributed by atoms with Crippen molar-refractivity contribution in [1.82, 2.24) is 5.32 Å². The summed E-state index contributed by atoms with van der Waals surface area (Å²) >= 11 is 0. The Kier molecular flexibility index (Phi) is 3.07. The van der Waals surface area contributed by atoms with Crippen molar-refractivity contribution in [2.75, 3.05) is 30.3 Å². The molecule has 1 heterocycles. The molecule has 0 atom stereocenters. The van der Waals surface area contributed by atoms with Crippen molar-refractivity contribution in [3.63, 3.8) is 0 Å². The van der Waals surface area contributed by atoms with E-state index in [0.717, 1.165) is 37.0 Å². The molecule has 3 N–H and O–H groups in total. The third-order valence-electron chi connectivity index (χ3n) is 2.20. The van der Waals surface area contributed by atoms with Gasteiger partial charge in [0.15, 0.2) is 5.96 Å². The molecular formula is C11H16N4. The second kappa shape index (κ2) is 4.68. The monoisotopic (exact) mass is 204 g/mol. The van der Waals surface area contributed by atoms with Gasteiger partial charge in [0, 0.05) is 24.5 Å². The van der Waals surface area contributed by atoms with E-state index < -0.39 is 0 Å². The quantitative estimate of drug-likeness (QED) is 0.699. The number of nitrogens with one attached hydrogen (secondary N) is 3. The Bertz CT molecular complexity index is 342. The number of hydrogen-bond donors (Lipinski definition) is 3. The van der Waals surface area contributed by atoms with E-state index in [-0.39, 0.29) is 0 Å². The van der Waals surface area contributed by atoms with Gasteiger partial charge < -0.3 is 16.0 Å². The summed E-state index contributed by atoms with van der Waals surface area (Å²) in [5.41, 5.74) is 2.20. The highest BCUT2D eigenvalue weighted by atomic mass is 15.2. The molecule has 1 aromatic carbocycles. The third kappa shape index (κ3) is 2.62. The lowest BCUT2D eigenvalue weighted by atomic mass is 10.3. The second-order valence-corrected chi connectivity index (χ2v) is 3.39.